The molecule has 0 radical (unpaired) electrons. The topological polar surface area (TPSA) is 18.5 Å². The molecule has 0 aromatic carbocycles. The Bertz CT molecular complexity index is 280. The molecule has 1 spiro atoms. The first-order valence-electron chi connectivity index (χ1n) is 6.24. The van der Waals surface area contributed by atoms with Gasteiger partial charge in [-0.15, -0.1) is 0 Å². The van der Waals surface area contributed by atoms with E-state index in [9.17, 15) is 4.39 Å². The molecule has 0 amide bonds. The lowest BCUT2D eigenvalue weighted by Gasteiger charge is -2.56. The Morgan fingerprint density at radius 1 is 1.25 bits per heavy atom. The number of rotatable bonds is 1. The van der Waals surface area contributed by atoms with Crippen molar-refractivity contribution in [3.8, 4) is 0 Å². The standard InChI is InChI=1S/C12H18FIO2/c13-11(8-14)6-10-9(11)7-15-12(16-10)4-2-1-3-5-12/h9-10H,1-8H2/t9-,10-,11-/m0/s1. The van der Waals surface area contributed by atoms with Gasteiger partial charge in [0, 0.05) is 29.6 Å². The second kappa shape index (κ2) is 4.05. The van der Waals surface area contributed by atoms with Crippen molar-refractivity contribution in [1.29, 1.82) is 0 Å². The fraction of sp³-hybridized carbons (Fsp3) is 1.00. The Labute approximate surface area is 109 Å². The van der Waals surface area contributed by atoms with E-state index < -0.39 is 5.67 Å². The fourth-order valence-electron chi connectivity index (χ4n) is 3.24. The van der Waals surface area contributed by atoms with E-state index in [-0.39, 0.29) is 17.8 Å². The van der Waals surface area contributed by atoms with E-state index in [2.05, 4.69) is 22.6 Å². The fourth-order valence-corrected chi connectivity index (χ4v) is 4.12. The summed E-state index contributed by atoms with van der Waals surface area (Å²) in [7, 11) is 0. The molecule has 3 fully saturated rings. The van der Waals surface area contributed by atoms with E-state index >= 15 is 0 Å². The van der Waals surface area contributed by atoms with E-state index in [1.807, 2.05) is 0 Å². The number of hydrogen-bond donors (Lipinski definition) is 0. The summed E-state index contributed by atoms with van der Waals surface area (Å²) in [5, 5.41) is 0. The molecule has 0 unspecified atom stereocenters. The van der Waals surface area contributed by atoms with Crippen LogP contribution in [0.25, 0.3) is 0 Å². The van der Waals surface area contributed by atoms with E-state index in [0.717, 1.165) is 12.8 Å². The monoisotopic (exact) mass is 340 g/mol. The summed E-state index contributed by atoms with van der Waals surface area (Å²) in [6, 6.07) is 0. The third-order valence-corrected chi connectivity index (χ3v) is 5.65. The quantitative estimate of drug-likeness (QED) is 0.539. The molecule has 2 aliphatic carbocycles. The van der Waals surface area contributed by atoms with Gasteiger partial charge >= 0.3 is 0 Å². The smallest absolute Gasteiger partial charge is 0.168 e. The molecule has 4 heteroatoms. The van der Waals surface area contributed by atoms with Crippen molar-refractivity contribution in [2.75, 3.05) is 11.0 Å². The van der Waals surface area contributed by atoms with E-state index in [0.29, 0.717) is 17.5 Å². The van der Waals surface area contributed by atoms with Gasteiger partial charge in [0.1, 0.15) is 5.67 Å². The van der Waals surface area contributed by atoms with Crippen LogP contribution in [0.1, 0.15) is 38.5 Å². The van der Waals surface area contributed by atoms with Crippen LogP contribution in [-0.2, 0) is 9.47 Å². The number of hydrogen-bond acceptors (Lipinski definition) is 2. The van der Waals surface area contributed by atoms with Crippen LogP contribution in [0.15, 0.2) is 0 Å². The van der Waals surface area contributed by atoms with Gasteiger partial charge in [0.05, 0.1) is 12.7 Å². The maximum absolute atomic E-state index is 14.2. The zero-order valence-electron chi connectivity index (χ0n) is 9.38. The molecule has 92 valence electrons. The molecule has 2 nitrogen and oxygen atoms in total. The van der Waals surface area contributed by atoms with Gasteiger partial charge in [-0.05, 0) is 12.8 Å². The second-order valence-corrected chi connectivity index (χ2v) is 6.18. The molecule has 0 N–H and O–H groups in total. The molecule has 2 saturated carbocycles. The molecule has 3 aliphatic rings. The van der Waals surface area contributed by atoms with Gasteiger partial charge in [0.2, 0.25) is 0 Å². The Kier molecular flexibility index (Phi) is 2.95. The molecule has 0 bridgehead atoms. The number of fused-ring (bicyclic) bond motifs is 1. The molecule has 1 heterocycles. The Morgan fingerprint density at radius 2 is 2.00 bits per heavy atom. The normalized spacial score (nSPS) is 46.1. The van der Waals surface area contributed by atoms with Gasteiger partial charge in [-0.3, -0.25) is 0 Å². The molecule has 0 aromatic heterocycles. The van der Waals surface area contributed by atoms with Crippen LogP contribution in [0.4, 0.5) is 4.39 Å². The maximum Gasteiger partial charge on any atom is 0.168 e. The van der Waals surface area contributed by atoms with Crippen molar-refractivity contribution in [3.05, 3.63) is 0 Å². The summed E-state index contributed by atoms with van der Waals surface area (Å²) < 4.78 is 26.6. The van der Waals surface area contributed by atoms with E-state index in [4.69, 9.17) is 9.47 Å². The van der Waals surface area contributed by atoms with Crippen LogP contribution in [-0.4, -0.2) is 28.6 Å². The second-order valence-electron chi connectivity index (χ2n) is 5.42. The number of halogens is 2. The predicted octanol–water partition coefficient (Wildman–Crippen LogP) is 3.23. The highest BCUT2D eigenvalue weighted by Gasteiger charge is 2.60. The molecular formula is C12H18FIO2. The van der Waals surface area contributed by atoms with Gasteiger partial charge in [0.15, 0.2) is 5.79 Å². The molecule has 0 aromatic rings. The average molecular weight is 340 g/mol. The molecule has 3 rings (SSSR count). The van der Waals surface area contributed by atoms with Gasteiger partial charge in [0.25, 0.3) is 0 Å². The summed E-state index contributed by atoms with van der Waals surface area (Å²) >= 11 is 2.13. The van der Waals surface area contributed by atoms with Crippen LogP contribution in [0.2, 0.25) is 0 Å². The molecular weight excluding hydrogens is 322 g/mol. The van der Waals surface area contributed by atoms with Crippen molar-refractivity contribution < 1.29 is 13.9 Å². The average Bonchev–Trinajstić information content (AvgIpc) is 2.29. The molecule has 1 saturated heterocycles. The lowest BCUT2D eigenvalue weighted by Crippen LogP contribution is -2.65. The SMILES string of the molecule is F[C@]1(CI)C[C@@H]2OC3(CCCCC3)OC[C@@H]21. The zero-order valence-corrected chi connectivity index (χ0v) is 11.5. The summed E-state index contributed by atoms with van der Waals surface area (Å²) in [5.74, 6) is -0.358. The predicted molar refractivity (Wildman–Crippen MR) is 67.5 cm³/mol. The number of alkyl halides is 2. The third kappa shape index (κ3) is 1.72. The minimum absolute atomic E-state index is 0.0167. The Morgan fingerprint density at radius 3 is 2.62 bits per heavy atom. The van der Waals surface area contributed by atoms with Crippen molar-refractivity contribution >= 4 is 22.6 Å². The Balaban J connectivity index is 1.66. The first-order chi connectivity index (χ1) is 7.68. The van der Waals surface area contributed by atoms with Crippen LogP contribution >= 0.6 is 22.6 Å². The summed E-state index contributed by atoms with van der Waals surface area (Å²) in [4.78, 5) is 0. The highest BCUT2D eigenvalue weighted by atomic mass is 127. The molecule has 1 aliphatic heterocycles. The van der Waals surface area contributed by atoms with Gasteiger partial charge in [-0.25, -0.2) is 4.39 Å². The lowest BCUT2D eigenvalue weighted by atomic mass is 9.68. The van der Waals surface area contributed by atoms with Gasteiger partial charge in [-0.1, -0.05) is 29.0 Å². The first kappa shape index (κ1) is 11.7. The van der Waals surface area contributed by atoms with Crippen LogP contribution in [0.5, 0.6) is 0 Å². The molecule has 16 heavy (non-hydrogen) atoms. The third-order valence-electron chi connectivity index (χ3n) is 4.38. The summed E-state index contributed by atoms with van der Waals surface area (Å²) in [5.41, 5.74) is -1.03. The minimum Gasteiger partial charge on any atom is -0.349 e. The van der Waals surface area contributed by atoms with Crippen molar-refractivity contribution in [2.45, 2.75) is 56.1 Å². The highest BCUT2D eigenvalue weighted by Crippen LogP contribution is 2.52. The largest absolute Gasteiger partial charge is 0.349 e. The Hall–Kier alpha value is 0.580. The summed E-state index contributed by atoms with van der Waals surface area (Å²) in [6.07, 6.45) is 6.34. The van der Waals surface area contributed by atoms with Crippen molar-refractivity contribution in [1.82, 2.24) is 0 Å². The van der Waals surface area contributed by atoms with E-state index in [1.54, 1.807) is 0 Å². The maximum atomic E-state index is 14.2. The highest BCUT2D eigenvalue weighted by molar-refractivity contribution is 14.1. The first-order valence-corrected chi connectivity index (χ1v) is 7.77. The minimum atomic E-state index is -1.03. The van der Waals surface area contributed by atoms with Gasteiger partial charge < -0.3 is 9.47 Å². The lowest BCUT2D eigenvalue weighted by molar-refractivity contribution is -0.363. The van der Waals surface area contributed by atoms with Crippen LogP contribution in [0, 0.1) is 5.92 Å². The number of ether oxygens (including phenoxy) is 2. The van der Waals surface area contributed by atoms with Crippen LogP contribution < -0.4 is 0 Å². The van der Waals surface area contributed by atoms with Crippen molar-refractivity contribution in [2.24, 2.45) is 5.92 Å². The van der Waals surface area contributed by atoms with Gasteiger partial charge in [-0.2, -0.15) is 0 Å². The van der Waals surface area contributed by atoms with Crippen molar-refractivity contribution in [3.63, 3.8) is 0 Å². The molecule has 3 atom stereocenters. The van der Waals surface area contributed by atoms with E-state index in [1.165, 1.54) is 19.3 Å². The summed E-state index contributed by atoms with van der Waals surface area (Å²) in [6.45, 7) is 0.560. The van der Waals surface area contributed by atoms with Crippen LogP contribution in [0.3, 0.4) is 0 Å². The zero-order chi connectivity index (χ0) is 11.2.